The molecule has 24 heavy (non-hydrogen) atoms. The smallest absolute Gasteiger partial charge is 0.242 e. The number of sulfonamides is 1. The molecule has 126 valence electrons. The second-order valence-corrected chi connectivity index (χ2v) is 7.61. The van der Waals surface area contributed by atoms with Crippen molar-refractivity contribution in [2.75, 3.05) is 19.4 Å². The number of hydrogen-bond donors (Lipinski definition) is 2. The van der Waals surface area contributed by atoms with Crippen molar-refractivity contribution in [2.24, 2.45) is 5.10 Å². The minimum absolute atomic E-state index is 0.188. The molecule has 0 aliphatic heterocycles. The van der Waals surface area contributed by atoms with Crippen molar-refractivity contribution in [3.05, 3.63) is 60.2 Å². The van der Waals surface area contributed by atoms with E-state index in [0.29, 0.717) is 5.69 Å². The van der Waals surface area contributed by atoms with Gasteiger partial charge in [-0.15, -0.1) is 0 Å². The Labute approximate surface area is 147 Å². The summed E-state index contributed by atoms with van der Waals surface area (Å²) in [7, 11) is -0.516. The van der Waals surface area contributed by atoms with Crippen LogP contribution in [-0.4, -0.2) is 38.1 Å². The third-order valence-corrected chi connectivity index (χ3v) is 5.05. The highest BCUT2D eigenvalue weighted by Crippen LogP contribution is 2.17. The van der Waals surface area contributed by atoms with Crippen LogP contribution in [-0.2, 0) is 10.0 Å². The Hall–Kier alpha value is -2.29. The molecule has 0 fully saturated rings. The lowest BCUT2D eigenvalue weighted by atomic mass is 10.2. The number of thiocarbonyl (C=S) groups is 1. The highest BCUT2D eigenvalue weighted by Gasteiger charge is 2.17. The Kier molecular flexibility index (Phi) is 6.02. The quantitative estimate of drug-likeness (QED) is 0.485. The summed E-state index contributed by atoms with van der Waals surface area (Å²) in [6, 6.07) is 16.0. The first-order chi connectivity index (χ1) is 11.4. The number of hydrazone groups is 1. The molecule has 2 aromatic rings. The minimum atomic E-state index is -3.49. The molecule has 0 saturated heterocycles. The lowest BCUT2D eigenvalue weighted by Gasteiger charge is -2.13. The molecule has 6 nitrogen and oxygen atoms in total. The van der Waals surface area contributed by atoms with E-state index >= 15 is 0 Å². The van der Waals surface area contributed by atoms with Gasteiger partial charge in [0.05, 0.1) is 11.1 Å². The first-order valence-corrected chi connectivity index (χ1v) is 8.92. The van der Waals surface area contributed by atoms with Crippen molar-refractivity contribution in [3.8, 4) is 0 Å². The van der Waals surface area contributed by atoms with Gasteiger partial charge in [0.1, 0.15) is 0 Å². The average Bonchev–Trinajstić information content (AvgIpc) is 2.56. The number of nitrogens with one attached hydrogen (secondary N) is 2. The molecule has 0 unspecified atom stereocenters. The van der Waals surface area contributed by atoms with Gasteiger partial charge in [0.25, 0.3) is 0 Å². The van der Waals surface area contributed by atoms with Gasteiger partial charge in [-0.25, -0.2) is 12.7 Å². The number of benzene rings is 2. The second kappa shape index (κ2) is 8.00. The Balaban J connectivity index is 2.01. The summed E-state index contributed by atoms with van der Waals surface area (Å²) < 4.78 is 25.4. The monoisotopic (exact) mass is 362 g/mol. The van der Waals surface area contributed by atoms with Crippen LogP contribution in [0.3, 0.4) is 0 Å². The van der Waals surface area contributed by atoms with Crippen molar-refractivity contribution < 1.29 is 8.42 Å². The van der Waals surface area contributed by atoms with Gasteiger partial charge < -0.3 is 5.32 Å². The summed E-state index contributed by atoms with van der Waals surface area (Å²) in [5.74, 6) is 0. The first-order valence-electron chi connectivity index (χ1n) is 7.07. The Morgan fingerprint density at radius 2 is 1.83 bits per heavy atom. The van der Waals surface area contributed by atoms with E-state index in [1.807, 2.05) is 30.3 Å². The standard InChI is InChI=1S/C16H18N4O2S2/c1-20(2)24(21,22)15-10-6-9-14(11-15)18-16(23)19-17-12-13-7-4-3-5-8-13/h3-12H,1-2H3,(H2,18,19,23)/b17-12+. The van der Waals surface area contributed by atoms with Crippen molar-refractivity contribution in [2.45, 2.75) is 4.90 Å². The van der Waals surface area contributed by atoms with Crippen LogP contribution in [0.4, 0.5) is 5.69 Å². The zero-order valence-corrected chi connectivity index (χ0v) is 14.9. The Morgan fingerprint density at radius 1 is 1.12 bits per heavy atom. The van der Waals surface area contributed by atoms with Gasteiger partial charge in [-0.05, 0) is 36.0 Å². The van der Waals surface area contributed by atoms with Crippen molar-refractivity contribution in [3.63, 3.8) is 0 Å². The van der Waals surface area contributed by atoms with Crippen molar-refractivity contribution in [1.29, 1.82) is 0 Å². The van der Waals surface area contributed by atoms with E-state index in [1.54, 1.807) is 18.3 Å². The maximum atomic E-state index is 12.1. The summed E-state index contributed by atoms with van der Waals surface area (Å²) >= 11 is 5.14. The second-order valence-electron chi connectivity index (χ2n) is 5.05. The highest BCUT2D eigenvalue weighted by atomic mass is 32.2. The lowest BCUT2D eigenvalue weighted by Crippen LogP contribution is -2.25. The van der Waals surface area contributed by atoms with Crippen LogP contribution in [0.1, 0.15) is 5.56 Å². The van der Waals surface area contributed by atoms with Crippen molar-refractivity contribution >= 4 is 39.3 Å². The van der Waals surface area contributed by atoms with E-state index in [-0.39, 0.29) is 10.0 Å². The molecule has 0 atom stereocenters. The number of anilines is 1. The van der Waals surface area contributed by atoms with Crippen LogP contribution in [0.5, 0.6) is 0 Å². The third-order valence-electron chi connectivity index (χ3n) is 3.05. The normalized spacial score (nSPS) is 11.6. The molecular formula is C16H18N4O2S2. The van der Waals surface area contributed by atoms with E-state index in [9.17, 15) is 8.42 Å². The zero-order chi connectivity index (χ0) is 17.6. The van der Waals surface area contributed by atoms with Gasteiger partial charge in [0.15, 0.2) is 5.11 Å². The summed E-state index contributed by atoms with van der Waals surface area (Å²) in [5, 5.41) is 7.20. The molecule has 0 aliphatic carbocycles. The summed E-state index contributed by atoms with van der Waals surface area (Å²) in [4.78, 5) is 0.188. The third kappa shape index (κ3) is 4.85. The largest absolute Gasteiger partial charge is 0.331 e. The first kappa shape index (κ1) is 18.1. The zero-order valence-electron chi connectivity index (χ0n) is 13.3. The molecule has 2 aromatic carbocycles. The SMILES string of the molecule is CN(C)S(=O)(=O)c1cccc(NC(=S)N/N=C/c2ccccc2)c1. The van der Waals surface area contributed by atoms with Crippen molar-refractivity contribution in [1.82, 2.24) is 9.73 Å². The predicted octanol–water partition coefficient (Wildman–Crippen LogP) is 2.26. The number of rotatable bonds is 5. The molecule has 0 spiro atoms. The fourth-order valence-corrected chi connectivity index (χ4v) is 2.93. The van der Waals surface area contributed by atoms with Gasteiger partial charge in [0, 0.05) is 19.8 Å². The molecule has 0 amide bonds. The molecule has 2 N–H and O–H groups in total. The van der Waals surface area contributed by atoms with E-state index < -0.39 is 10.0 Å². The Bertz CT molecular complexity index is 834. The molecular weight excluding hydrogens is 344 g/mol. The molecule has 0 aliphatic rings. The van der Waals surface area contributed by atoms with E-state index in [0.717, 1.165) is 9.87 Å². The maximum absolute atomic E-state index is 12.1. The van der Waals surface area contributed by atoms with Gasteiger partial charge >= 0.3 is 0 Å². The molecule has 2 rings (SSSR count). The minimum Gasteiger partial charge on any atom is -0.331 e. The fourth-order valence-electron chi connectivity index (χ4n) is 1.81. The van der Waals surface area contributed by atoms with Crippen LogP contribution >= 0.6 is 12.2 Å². The van der Waals surface area contributed by atoms with E-state index in [2.05, 4.69) is 15.8 Å². The molecule has 0 saturated carbocycles. The Morgan fingerprint density at radius 3 is 2.50 bits per heavy atom. The molecule has 0 radical (unpaired) electrons. The van der Waals surface area contributed by atoms with Gasteiger partial charge in [0.2, 0.25) is 10.0 Å². The summed E-state index contributed by atoms with van der Waals surface area (Å²) in [6.45, 7) is 0. The van der Waals surface area contributed by atoms with Gasteiger partial charge in [-0.2, -0.15) is 5.10 Å². The summed E-state index contributed by atoms with van der Waals surface area (Å²) in [6.07, 6.45) is 1.64. The topological polar surface area (TPSA) is 73.8 Å². The van der Waals surface area contributed by atoms with Crippen LogP contribution < -0.4 is 10.7 Å². The van der Waals surface area contributed by atoms with Crippen LogP contribution in [0.25, 0.3) is 0 Å². The van der Waals surface area contributed by atoms with Gasteiger partial charge in [-0.3, -0.25) is 5.43 Å². The number of nitrogens with zero attached hydrogens (tertiary/aromatic N) is 2. The van der Waals surface area contributed by atoms with E-state index in [1.165, 1.54) is 26.2 Å². The maximum Gasteiger partial charge on any atom is 0.242 e. The molecule has 0 bridgehead atoms. The van der Waals surface area contributed by atoms with E-state index in [4.69, 9.17) is 12.2 Å². The summed E-state index contributed by atoms with van der Waals surface area (Å²) in [5.41, 5.74) is 4.19. The fraction of sp³-hybridized carbons (Fsp3) is 0.125. The number of hydrogen-bond acceptors (Lipinski definition) is 4. The average molecular weight is 362 g/mol. The molecule has 0 aromatic heterocycles. The lowest BCUT2D eigenvalue weighted by molar-refractivity contribution is 0.521. The van der Waals surface area contributed by atoms with Crippen LogP contribution in [0.2, 0.25) is 0 Å². The highest BCUT2D eigenvalue weighted by molar-refractivity contribution is 7.89. The predicted molar refractivity (Wildman–Crippen MR) is 101 cm³/mol. The molecule has 8 heteroatoms. The molecule has 0 heterocycles. The van der Waals surface area contributed by atoms with Gasteiger partial charge in [-0.1, -0.05) is 36.4 Å². The van der Waals surface area contributed by atoms with Crippen LogP contribution in [0, 0.1) is 0 Å². The van der Waals surface area contributed by atoms with Crippen LogP contribution in [0.15, 0.2) is 64.6 Å².